The monoisotopic (exact) mass is 326 g/mol. The van der Waals surface area contributed by atoms with Gasteiger partial charge in [0, 0.05) is 39.4 Å². The smallest absolute Gasteiger partial charge is 0.213 e. The lowest BCUT2D eigenvalue weighted by Gasteiger charge is -2.22. The minimum absolute atomic E-state index is 0.131. The first-order chi connectivity index (χ1) is 11.6. The van der Waals surface area contributed by atoms with Crippen molar-refractivity contribution in [2.24, 2.45) is 4.99 Å². The van der Waals surface area contributed by atoms with Crippen LogP contribution in [0.3, 0.4) is 0 Å². The molecule has 1 N–H and O–H groups in total. The first-order valence-electron chi connectivity index (χ1n) is 8.15. The SMILES string of the molecule is CN=C(NCc1ccc(OC(C)C)nc1)N(C)Cc1ccccc1. The average molecular weight is 326 g/mol. The van der Waals surface area contributed by atoms with E-state index in [2.05, 4.69) is 32.3 Å². The van der Waals surface area contributed by atoms with Crippen LogP contribution in [-0.2, 0) is 13.1 Å². The molecule has 0 aliphatic heterocycles. The summed E-state index contributed by atoms with van der Waals surface area (Å²) in [5.41, 5.74) is 2.33. The molecule has 128 valence electrons. The first-order valence-corrected chi connectivity index (χ1v) is 8.15. The predicted octanol–water partition coefficient (Wildman–Crippen LogP) is 3.08. The number of hydrogen-bond acceptors (Lipinski definition) is 3. The van der Waals surface area contributed by atoms with E-state index in [0.717, 1.165) is 18.1 Å². The second-order valence-corrected chi connectivity index (χ2v) is 5.91. The van der Waals surface area contributed by atoms with Gasteiger partial charge in [-0.1, -0.05) is 36.4 Å². The standard InChI is InChI=1S/C19H26N4O/c1-15(2)24-18-11-10-17(12-21-18)13-22-19(20-3)23(4)14-16-8-6-5-7-9-16/h5-12,15H,13-14H2,1-4H3,(H,20,22). The summed E-state index contributed by atoms with van der Waals surface area (Å²) in [6, 6.07) is 14.3. The molecule has 0 saturated heterocycles. The van der Waals surface area contributed by atoms with Gasteiger partial charge in [-0.15, -0.1) is 0 Å². The van der Waals surface area contributed by atoms with Crippen LogP contribution < -0.4 is 10.1 Å². The minimum Gasteiger partial charge on any atom is -0.475 e. The van der Waals surface area contributed by atoms with Crippen molar-refractivity contribution in [3.05, 3.63) is 59.8 Å². The van der Waals surface area contributed by atoms with Crippen molar-refractivity contribution in [2.75, 3.05) is 14.1 Å². The van der Waals surface area contributed by atoms with Crippen molar-refractivity contribution in [3.63, 3.8) is 0 Å². The molecule has 0 unspecified atom stereocenters. The highest BCUT2D eigenvalue weighted by atomic mass is 16.5. The van der Waals surface area contributed by atoms with Crippen molar-refractivity contribution < 1.29 is 4.74 Å². The summed E-state index contributed by atoms with van der Waals surface area (Å²) in [4.78, 5) is 10.8. The molecular weight excluding hydrogens is 300 g/mol. The van der Waals surface area contributed by atoms with Crippen LogP contribution >= 0.6 is 0 Å². The van der Waals surface area contributed by atoms with Gasteiger partial charge < -0.3 is 15.0 Å². The van der Waals surface area contributed by atoms with Gasteiger partial charge in [-0.3, -0.25) is 4.99 Å². The van der Waals surface area contributed by atoms with Crippen LogP contribution in [0.1, 0.15) is 25.0 Å². The summed E-state index contributed by atoms with van der Waals surface area (Å²) in [6.07, 6.45) is 1.96. The Labute approximate surface area is 144 Å². The van der Waals surface area contributed by atoms with Gasteiger partial charge in [0.1, 0.15) is 0 Å². The van der Waals surface area contributed by atoms with Gasteiger partial charge in [0.25, 0.3) is 0 Å². The molecule has 0 aliphatic carbocycles. The highest BCUT2D eigenvalue weighted by Gasteiger charge is 2.07. The zero-order valence-corrected chi connectivity index (χ0v) is 14.9. The third-order valence-electron chi connectivity index (χ3n) is 3.44. The fourth-order valence-corrected chi connectivity index (χ4v) is 2.32. The molecule has 0 spiro atoms. The molecule has 5 heteroatoms. The fourth-order valence-electron chi connectivity index (χ4n) is 2.32. The minimum atomic E-state index is 0.131. The molecule has 1 aromatic heterocycles. The molecule has 2 aromatic rings. The van der Waals surface area contributed by atoms with Gasteiger partial charge in [-0.05, 0) is 25.0 Å². The molecule has 2 rings (SSSR count). The Kier molecular flexibility index (Phi) is 6.61. The third kappa shape index (κ3) is 5.57. The predicted molar refractivity (Wildman–Crippen MR) is 98.1 cm³/mol. The molecule has 0 amide bonds. The maximum absolute atomic E-state index is 5.56. The van der Waals surface area contributed by atoms with Gasteiger partial charge in [0.2, 0.25) is 5.88 Å². The van der Waals surface area contributed by atoms with Crippen molar-refractivity contribution >= 4 is 5.96 Å². The van der Waals surface area contributed by atoms with E-state index >= 15 is 0 Å². The number of ether oxygens (including phenoxy) is 1. The second kappa shape index (κ2) is 8.91. The molecule has 0 radical (unpaired) electrons. The number of aliphatic imine (C=N–C) groups is 1. The number of aromatic nitrogens is 1. The summed E-state index contributed by atoms with van der Waals surface area (Å²) in [6.45, 7) is 5.45. The van der Waals surface area contributed by atoms with E-state index in [1.807, 2.05) is 57.4 Å². The molecule has 0 bridgehead atoms. The Balaban J connectivity index is 1.89. The van der Waals surface area contributed by atoms with Crippen LogP contribution in [0.25, 0.3) is 0 Å². The number of nitrogens with zero attached hydrogens (tertiary/aromatic N) is 3. The summed E-state index contributed by atoms with van der Waals surface area (Å²) in [7, 11) is 3.82. The largest absolute Gasteiger partial charge is 0.475 e. The molecule has 0 saturated carbocycles. The van der Waals surface area contributed by atoms with Crippen LogP contribution in [0, 0.1) is 0 Å². The Morgan fingerprint density at radius 1 is 1.17 bits per heavy atom. The Hall–Kier alpha value is -2.56. The van der Waals surface area contributed by atoms with Gasteiger partial charge in [-0.2, -0.15) is 0 Å². The van der Waals surface area contributed by atoms with Crippen LogP contribution in [0.4, 0.5) is 0 Å². The number of hydrogen-bond donors (Lipinski definition) is 1. The first kappa shape index (κ1) is 17.8. The van der Waals surface area contributed by atoms with Crippen molar-refractivity contribution in [1.82, 2.24) is 15.2 Å². The van der Waals surface area contributed by atoms with Crippen LogP contribution in [0.5, 0.6) is 5.88 Å². The molecule has 1 heterocycles. The lowest BCUT2D eigenvalue weighted by atomic mass is 10.2. The summed E-state index contributed by atoms with van der Waals surface area (Å²) in [5.74, 6) is 1.50. The molecule has 0 fully saturated rings. The molecular formula is C19H26N4O. The van der Waals surface area contributed by atoms with E-state index in [0.29, 0.717) is 12.4 Å². The van der Waals surface area contributed by atoms with Crippen molar-refractivity contribution in [3.8, 4) is 5.88 Å². The molecule has 0 atom stereocenters. The number of nitrogens with one attached hydrogen (secondary N) is 1. The highest BCUT2D eigenvalue weighted by molar-refractivity contribution is 5.79. The van der Waals surface area contributed by atoms with E-state index in [9.17, 15) is 0 Å². The zero-order valence-electron chi connectivity index (χ0n) is 14.9. The van der Waals surface area contributed by atoms with Crippen LogP contribution in [-0.4, -0.2) is 36.0 Å². The number of rotatable bonds is 6. The van der Waals surface area contributed by atoms with E-state index in [1.165, 1.54) is 5.56 Å². The van der Waals surface area contributed by atoms with Gasteiger partial charge in [0.05, 0.1) is 6.10 Å². The normalized spacial score (nSPS) is 11.5. The van der Waals surface area contributed by atoms with E-state index in [4.69, 9.17) is 4.74 Å². The summed E-state index contributed by atoms with van der Waals surface area (Å²) in [5, 5.41) is 3.36. The second-order valence-electron chi connectivity index (χ2n) is 5.91. The van der Waals surface area contributed by atoms with Gasteiger partial charge in [-0.25, -0.2) is 4.98 Å². The zero-order chi connectivity index (χ0) is 17.4. The number of guanidine groups is 1. The topological polar surface area (TPSA) is 49.8 Å². The number of pyridine rings is 1. The maximum Gasteiger partial charge on any atom is 0.213 e. The molecule has 0 aliphatic rings. The maximum atomic E-state index is 5.56. The van der Waals surface area contributed by atoms with Crippen molar-refractivity contribution in [1.29, 1.82) is 0 Å². The molecule has 5 nitrogen and oxygen atoms in total. The number of benzene rings is 1. The summed E-state index contributed by atoms with van der Waals surface area (Å²) < 4.78 is 5.56. The molecule has 24 heavy (non-hydrogen) atoms. The fraction of sp³-hybridized carbons (Fsp3) is 0.368. The van der Waals surface area contributed by atoms with Gasteiger partial charge in [0.15, 0.2) is 5.96 Å². The van der Waals surface area contributed by atoms with Crippen LogP contribution in [0.2, 0.25) is 0 Å². The van der Waals surface area contributed by atoms with Gasteiger partial charge >= 0.3 is 0 Å². The Bertz CT molecular complexity index is 638. The lowest BCUT2D eigenvalue weighted by Crippen LogP contribution is -2.38. The van der Waals surface area contributed by atoms with E-state index < -0.39 is 0 Å². The Morgan fingerprint density at radius 3 is 2.50 bits per heavy atom. The average Bonchev–Trinajstić information content (AvgIpc) is 2.57. The van der Waals surface area contributed by atoms with E-state index in [-0.39, 0.29) is 6.10 Å². The lowest BCUT2D eigenvalue weighted by molar-refractivity contribution is 0.232. The summed E-state index contributed by atoms with van der Waals surface area (Å²) >= 11 is 0. The quantitative estimate of drug-likeness (QED) is 0.655. The van der Waals surface area contributed by atoms with E-state index in [1.54, 1.807) is 7.05 Å². The highest BCUT2D eigenvalue weighted by Crippen LogP contribution is 2.09. The Morgan fingerprint density at radius 2 is 1.92 bits per heavy atom. The third-order valence-corrected chi connectivity index (χ3v) is 3.44. The van der Waals surface area contributed by atoms with Crippen molar-refractivity contribution in [2.45, 2.75) is 33.0 Å². The molecule has 1 aromatic carbocycles. The van der Waals surface area contributed by atoms with Crippen LogP contribution in [0.15, 0.2) is 53.7 Å².